The first-order valence-electron chi connectivity index (χ1n) is 6.13. The van der Waals surface area contributed by atoms with E-state index in [1.165, 1.54) is 32.1 Å². The molecule has 1 rings (SSSR count). The van der Waals surface area contributed by atoms with Crippen molar-refractivity contribution in [1.29, 1.82) is 0 Å². The Morgan fingerprint density at radius 2 is 1.87 bits per heavy atom. The number of nitrogens with one attached hydrogen (secondary N) is 1. The van der Waals surface area contributed by atoms with Crippen molar-refractivity contribution in [2.75, 3.05) is 5.75 Å². The SMILES string of the molecule is CC(C)(C)SCC(NN)C1CCCCC1. The molecule has 0 aliphatic heterocycles. The van der Waals surface area contributed by atoms with Crippen LogP contribution in [0.15, 0.2) is 0 Å². The van der Waals surface area contributed by atoms with E-state index in [0.717, 1.165) is 11.7 Å². The smallest absolute Gasteiger partial charge is 0.0329 e. The van der Waals surface area contributed by atoms with E-state index in [4.69, 9.17) is 5.84 Å². The van der Waals surface area contributed by atoms with Crippen molar-refractivity contribution in [1.82, 2.24) is 5.43 Å². The third-order valence-electron chi connectivity index (χ3n) is 3.13. The number of thioether (sulfide) groups is 1. The molecule has 0 aromatic carbocycles. The number of rotatable bonds is 4. The van der Waals surface area contributed by atoms with Gasteiger partial charge in [0.15, 0.2) is 0 Å². The molecule has 0 aromatic heterocycles. The molecule has 1 unspecified atom stereocenters. The Kier molecular flexibility index (Phi) is 5.44. The second-order valence-electron chi connectivity index (χ2n) is 5.59. The van der Waals surface area contributed by atoms with E-state index < -0.39 is 0 Å². The summed E-state index contributed by atoms with van der Waals surface area (Å²) in [5, 5.41) is 0. The molecule has 90 valence electrons. The minimum absolute atomic E-state index is 0.351. The molecule has 2 nitrogen and oxygen atoms in total. The Morgan fingerprint density at radius 1 is 1.27 bits per heavy atom. The van der Waals surface area contributed by atoms with Gasteiger partial charge in [-0.25, -0.2) is 0 Å². The normalized spacial score (nSPS) is 21.6. The fourth-order valence-corrected chi connectivity index (χ4v) is 3.24. The van der Waals surface area contributed by atoms with Crippen molar-refractivity contribution in [2.24, 2.45) is 11.8 Å². The Balaban J connectivity index is 2.34. The van der Waals surface area contributed by atoms with Crippen molar-refractivity contribution < 1.29 is 0 Å². The van der Waals surface area contributed by atoms with Crippen LogP contribution in [0.5, 0.6) is 0 Å². The molecule has 0 amide bonds. The molecule has 0 bridgehead atoms. The van der Waals surface area contributed by atoms with Gasteiger partial charge in [-0.2, -0.15) is 11.8 Å². The van der Waals surface area contributed by atoms with Gasteiger partial charge in [0.25, 0.3) is 0 Å². The van der Waals surface area contributed by atoms with E-state index in [1.54, 1.807) is 0 Å². The molecule has 0 spiro atoms. The van der Waals surface area contributed by atoms with Crippen molar-refractivity contribution in [2.45, 2.75) is 63.7 Å². The fraction of sp³-hybridized carbons (Fsp3) is 1.00. The van der Waals surface area contributed by atoms with Gasteiger partial charge in [0.1, 0.15) is 0 Å². The first-order valence-corrected chi connectivity index (χ1v) is 7.11. The van der Waals surface area contributed by atoms with E-state index in [1.807, 2.05) is 11.8 Å². The highest BCUT2D eigenvalue weighted by Crippen LogP contribution is 2.30. The molecule has 1 saturated carbocycles. The average Bonchev–Trinajstić information content (AvgIpc) is 2.19. The van der Waals surface area contributed by atoms with Crippen LogP contribution < -0.4 is 11.3 Å². The van der Waals surface area contributed by atoms with E-state index in [2.05, 4.69) is 26.2 Å². The summed E-state index contributed by atoms with van der Waals surface area (Å²) in [6.45, 7) is 6.81. The van der Waals surface area contributed by atoms with Gasteiger partial charge in [-0.15, -0.1) is 0 Å². The van der Waals surface area contributed by atoms with Gasteiger partial charge >= 0.3 is 0 Å². The summed E-state index contributed by atoms with van der Waals surface area (Å²) in [6, 6.07) is 0.509. The van der Waals surface area contributed by atoms with Crippen LogP contribution in [0.4, 0.5) is 0 Å². The maximum atomic E-state index is 5.67. The van der Waals surface area contributed by atoms with Crippen LogP contribution in [-0.2, 0) is 0 Å². The monoisotopic (exact) mass is 230 g/mol. The lowest BCUT2D eigenvalue weighted by Gasteiger charge is -2.31. The van der Waals surface area contributed by atoms with E-state index in [0.29, 0.717) is 10.8 Å². The highest BCUT2D eigenvalue weighted by atomic mass is 32.2. The van der Waals surface area contributed by atoms with Crippen LogP contribution >= 0.6 is 11.8 Å². The molecule has 1 fully saturated rings. The molecule has 3 heteroatoms. The molecule has 0 saturated heterocycles. The summed E-state index contributed by atoms with van der Waals surface area (Å²) >= 11 is 2.02. The summed E-state index contributed by atoms with van der Waals surface area (Å²) < 4.78 is 0.351. The molecule has 0 aromatic rings. The van der Waals surface area contributed by atoms with Crippen molar-refractivity contribution in [3.05, 3.63) is 0 Å². The van der Waals surface area contributed by atoms with Gasteiger partial charge in [0.05, 0.1) is 0 Å². The van der Waals surface area contributed by atoms with Crippen LogP contribution in [0, 0.1) is 5.92 Å². The largest absolute Gasteiger partial charge is 0.271 e. The zero-order chi connectivity index (χ0) is 11.3. The fourth-order valence-electron chi connectivity index (χ4n) is 2.20. The Labute approximate surface area is 98.7 Å². The van der Waals surface area contributed by atoms with Gasteiger partial charge in [-0.3, -0.25) is 11.3 Å². The van der Waals surface area contributed by atoms with Crippen LogP contribution in [0.25, 0.3) is 0 Å². The lowest BCUT2D eigenvalue weighted by molar-refractivity contribution is 0.287. The minimum Gasteiger partial charge on any atom is -0.271 e. The van der Waals surface area contributed by atoms with Crippen LogP contribution in [0.1, 0.15) is 52.9 Å². The molecular formula is C12H26N2S. The second kappa shape index (κ2) is 6.12. The van der Waals surface area contributed by atoms with E-state index in [-0.39, 0.29) is 0 Å². The Morgan fingerprint density at radius 3 is 2.33 bits per heavy atom. The molecule has 3 N–H and O–H groups in total. The number of hydrogen-bond donors (Lipinski definition) is 2. The summed E-state index contributed by atoms with van der Waals surface area (Å²) in [4.78, 5) is 0. The van der Waals surface area contributed by atoms with Crippen molar-refractivity contribution in [3.8, 4) is 0 Å². The van der Waals surface area contributed by atoms with E-state index >= 15 is 0 Å². The Hall–Kier alpha value is 0.270. The molecule has 0 heterocycles. The zero-order valence-corrected chi connectivity index (χ0v) is 11.2. The number of hydrogen-bond acceptors (Lipinski definition) is 3. The topological polar surface area (TPSA) is 38.0 Å². The highest BCUT2D eigenvalue weighted by molar-refractivity contribution is 8.00. The third-order valence-corrected chi connectivity index (χ3v) is 4.52. The molecule has 1 aliphatic carbocycles. The van der Waals surface area contributed by atoms with Crippen molar-refractivity contribution >= 4 is 11.8 Å². The van der Waals surface area contributed by atoms with Gasteiger partial charge in [-0.05, 0) is 18.8 Å². The van der Waals surface area contributed by atoms with Crippen LogP contribution in [-0.4, -0.2) is 16.5 Å². The van der Waals surface area contributed by atoms with Crippen LogP contribution in [0.3, 0.4) is 0 Å². The first kappa shape index (κ1) is 13.3. The second-order valence-corrected chi connectivity index (χ2v) is 7.44. The van der Waals surface area contributed by atoms with Crippen molar-refractivity contribution in [3.63, 3.8) is 0 Å². The highest BCUT2D eigenvalue weighted by Gasteiger charge is 2.24. The molecule has 0 radical (unpaired) electrons. The maximum Gasteiger partial charge on any atom is 0.0329 e. The third kappa shape index (κ3) is 5.23. The predicted octanol–water partition coefficient (Wildman–Crippen LogP) is 2.93. The summed E-state index contributed by atoms with van der Waals surface area (Å²) in [7, 11) is 0. The molecular weight excluding hydrogens is 204 g/mol. The van der Waals surface area contributed by atoms with E-state index in [9.17, 15) is 0 Å². The summed E-state index contributed by atoms with van der Waals surface area (Å²) in [6.07, 6.45) is 6.92. The predicted molar refractivity (Wildman–Crippen MR) is 69.9 cm³/mol. The maximum absolute atomic E-state index is 5.67. The first-order chi connectivity index (χ1) is 7.03. The van der Waals surface area contributed by atoms with Gasteiger partial charge in [-0.1, -0.05) is 40.0 Å². The van der Waals surface area contributed by atoms with Gasteiger partial charge in [0.2, 0.25) is 0 Å². The molecule has 1 aliphatic rings. The summed E-state index contributed by atoms with van der Waals surface area (Å²) in [5.41, 5.74) is 3.02. The lowest BCUT2D eigenvalue weighted by atomic mass is 9.85. The molecule has 15 heavy (non-hydrogen) atoms. The zero-order valence-electron chi connectivity index (χ0n) is 10.4. The van der Waals surface area contributed by atoms with Crippen LogP contribution in [0.2, 0.25) is 0 Å². The quantitative estimate of drug-likeness (QED) is 0.576. The van der Waals surface area contributed by atoms with Gasteiger partial charge < -0.3 is 0 Å². The van der Waals surface area contributed by atoms with Gasteiger partial charge in [0, 0.05) is 16.5 Å². The standard InChI is InChI=1S/C12H26N2S/c1-12(2,3)15-9-11(14-13)10-7-5-4-6-8-10/h10-11,14H,4-9,13H2,1-3H3. The average molecular weight is 230 g/mol. The summed E-state index contributed by atoms with van der Waals surface area (Å²) in [5.74, 6) is 7.62. The Bertz CT molecular complexity index is 171. The lowest BCUT2D eigenvalue weighted by Crippen LogP contribution is -2.44. The minimum atomic E-state index is 0.351. The number of nitrogens with two attached hydrogens (primary N) is 1. The molecule has 1 atom stereocenters. The number of hydrazine groups is 1.